The van der Waals surface area contributed by atoms with Crippen LogP contribution in [0.1, 0.15) is 16.7 Å². The van der Waals surface area contributed by atoms with E-state index in [9.17, 15) is 13.5 Å². The van der Waals surface area contributed by atoms with Gasteiger partial charge in [0.2, 0.25) is 0 Å². The van der Waals surface area contributed by atoms with Gasteiger partial charge in [-0.15, -0.1) is 0 Å². The van der Waals surface area contributed by atoms with E-state index in [1.165, 1.54) is 5.56 Å². The molecule has 1 N–H and O–H groups in total. The minimum Gasteiger partial charge on any atom is -0.392 e. The van der Waals surface area contributed by atoms with Gasteiger partial charge in [0.05, 0.1) is 18.1 Å². The molecule has 2 aromatic rings. The molecule has 0 saturated carbocycles. The normalized spacial score (nSPS) is 17.8. The molecule has 0 radical (unpaired) electrons. The predicted molar refractivity (Wildman–Crippen MR) is 96.5 cm³/mol. The van der Waals surface area contributed by atoms with Gasteiger partial charge in [0.1, 0.15) is 0 Å². The van der Waals surface area contributed by atoms with Crippen molar-refractivity contribution in [2.24, 2.45) is 0 Å². The molecule has 5 heteroatoms. The summed E-state index contributed by atoms with van der Waals surface area (Å²) >= 11 is 0. The standard InChI is InChI=1S/C19H23NO3S/c1-15-2-7-19(18(12-15)14-21)17-5-3-16(4-6-17)13-20-8-10-24(22,23)11-9-20/h2-7,12,21H,8-11,13-14H2,1H3. The van der Waals surface area contributed by atoms with Gasteiger partial charge in [0.15, 0.2) is 9.84 Å². The van der Waals surface area contributed by atoms with Gasteiger partial charge in [-0.1, -0.05) is 48.0 Å². The van der Waals surface area contributed by atoms with Crippen LogP contribution in [0.2, 0.25) is 0 Å². The first-order valence-electron chi connectivity index (χ1n) is 8.19. The molecule has 4 nitrogen and oxygen atoms in total. The number of benzene rings is 2. The molecule has 0 atom stereocenters. The first-order valence-corrected chi connectivity index (χ1v) is 10.0. The second kappa shape index (κ2) is 7.05. The molecule has 24 heavy (non-hydrogen) atoms. The molecule has 0 unspecified atom stereocenters. The number of aryl methyl sites for hydroxylation is 1. The third-order valence-electron chi connectivity index (χ3n) is 4.54. The molecule has 1 heterocycles. The van der Waals surface area contributed by atoms with Gasteiger partial charge in [-0.3, -0.25) is 4.90 Å². The quantitative estimate of drug-likeness (QED) is 0.924. The van der Waals surface area contributed by atoms with E-state index in [2.05, 4.69) is 35.2 Å². The minimum atomic E-state index is -2.83. The lowest BCUT2D eigenvalue weighted by Crippen LogP contribution is -2.39. The highest BCUT2D eigenvalue weighted by Gasteiger charge is 2.21. The Kier molecular flexibility index (Phi) is 5.04. The largest absolute Gasteiger partial charge is 0.392 e. The number of aliphatic hydroxyl groups excluding tert-OH is 1. The molecular formula is C19H23NO3S. The molecule has 1 aliphatic rings. The Morgan fingerprint density at radius 3 is 2.33 bits per heavy atom. The van der Waals surface area contributed by atoms with Crippen molar-refractivity contribution >= 4 is 9.84 Å². The van der Waals surface area contributed by atoms with Crippen molar-refractivity contribution < 1.29 is 13.5 Å². The summed E-state index contributed by atoms with van der Waals surface area (Å²) in [5, 5.41) is 9.56. The van der Waals surface area contributed by atoms with Crippen LogP contribution in [0.3, 0.4) is 0 Å². The van der Waals surface area contributed by atoms with Gasteiger partial charge in [0.25, 0.3) is 0 Å². The summed E-state index contributed by atoms with van der Waals surface area (Å²) in [6.07, 6.45) is 0. The van der Waals surface area contributed by atoms with E-state index in [1.807, 2.05) is 19.1 Å². The molecule has 1 aliphatic heterocycles. The van der Waals surface area contributed by atoms with Crippen molar-refractivity contribution in [1.29, 1.82) is 0 Å². The van der Waals surface area contributed by atoms with Gasteiger partial charge in [-0.05, 0) is 29.2 Å². The molecule has 3 rings (SSSR count). The zero-order valence-electron chi connectivity index (χ0n) is 13.9. The van der Waals surface area contributed by atoms with Gasteiger partial charge in [-0.2, -0.15) is 0 Å². The molecule has 0 aromatic heterocycles. The number of aliphatic hydroxyl groups is 1. The Balaban J connectivity index is 1.72. The fourth-order valence-electron chi connectivity index (χ4n) is 3.09. The first kappa shape index (κ1) is 17.1. The predicted octanol–water partition coefficient (Wildman–Crippen LogP) is 2.38. The van der Waals surface area contributed by atoms with Crippen LogP contribution in [0, 0.1) is 6.92 Å². The number of nitrogens with zero attached hydrogens (tertiary/aromatic N) is 1. The van der Waals surface area contributed by atoms with E-state index < -0.39 is 9.84 Å². The van der Waals surface area contributed by atoms with Gasteiger partial charge in [0, 0.05) is 19.6 Å². The monoisotopic (exact) mass is 345 g/mol. The average molecular weight is 345 g/mol. The van der Waals surface area contributed by atoms with Crippen LogP contribution < -0.4 is 0 Å². The Bertz CT molecular complexity index is 799. The fraction of sp³-hybridized carbons (Fsp3) is 0.368. The Morgan fingerprint density at radius 1 is 1.04 bits per heavy atom. The van der Waals surface area contributed by atoms with Crippen LogP contribution in [0.5, 0.6) is 0 Å². The molecular weight excluding hydrogens is 322 g/mol. The minimum absolute atomic E-state index is 0.0288. The number of hydrogen-bond donors (Lipinski definition) is 1. The van der Waals surface area contributed by atoms with Gasteiger partial charge < -0.3 is 5.11 Å². The third-order valence-corrected chi connectivity index (χ3v) is 6.15. The number of hydrogen-bond acceptors (Lipinski definition) is 4. The summed E-state index contributed by atoms with van der Waals surface area (Å²) in [5.41, 5.74) is 5.39. The lowest BCUT2D eigenvalue weighted by atomic mass is 9.97. The van der Waals surface area contributed by atoms with Gasteiger partial charge in [-0.25, -0.2) is 8.42 Å². The molecule has 2 aromatic carbocycles. The maximum absolute atomic E-state index is 11.5. The molecule has 128 valence electrons. The van der Waals surface area contributed by atoms with Crippen molar-refractivity contribution in [3.05, 3.63) is 59.2 Å². The smallest absolute Gasteiger partial charge is 0.152 e. The van der Waals surface area contributed by atoms with Crippen molar-refractivity contribution in [3.63, 3.8) is 0 Å². The van der Waals surface area contributed by atoms with Crippen LogP contribution in [-0.2, 0) is 23.0 Å². The maximum atomic E-state index is 11.5. The topological polar surface area (TPSA) is 57.6 Å². The van der Waals surface area contributed by atoms with E-state index in [1.54, 1.807) is 0 Å². The fourth-order valence-corrected chi connectivity index (χ4v) is 4.37. The number of sulfone groups is 1. The Morgan fingerprint density at radius 2 is 1.71 bits per heavy atom. The highest BCUT2D eigenvalue weighted by Crippen LogP contribution is 2.25. The van der Waals surface area contributed by atoms with Crippen molar-refractivity contribution in [2.75, 3.05) is 24.6 Å². The molecule has 0 spiro atoms. The lowest BCUT2D eigenvalue weighted by molar-refractivity contribution is 0.282. The molecule has 1 fully saturated rings. The zero-order valence-corrected chi connectivity index (χ0v) is 14.7. The summed E-state index contributed by atoms with van der Waals surface area (Å²) in [7, 11) is -2.83. The van der Waals surface area contributed by atoms with Crippen LogP contribution >= 0.6 is 0 Å². The molecule has 0 amide bonds. The van der Waals surface area contributed by atoms with Gasteiger partial charge >= 0.3 is 0 Å². The molecule has 0 aliphatic carbocycles. The van der Waals surface area contributed by atoms with E-state index in [0.717, 1.165) is 28.8 Å². The highest BCUT2D eigenvalue weighted by atomic mass is 32.2. The van der Waals surface area contributed by atoms with Crippen molar-refractivity contribution in [2.45, 2.75) is 20.1 Å². The van der Waals surface area contributed by atoms with Crippen LogP contribution in [-0.4, -0.2) is 43.0 Å². The summed E-state index contributed by atoms with van der Waals surface area (Å²) in [6.45, 7) is 4.04. The molecule has 0 bridgehead atoms. The van der Waals surface area contributed by atoms with E-state index >= 15 is 0 Å². The maximum Gasteiger partial charge on any atom is 0.152 e. The highest BCUT2D eigenvalue weighted by molar-refractivity contribution is 7.91. The van der Waals surface area contributed by atoms with E-state index in [4.69, 9.17) is 0 Å². The SMILES string of the molecule is Cc1ccc(-c2ccc(CN3CCS(=O)(=O)CC3)cc2)c(CO)c1. The summed E-state index contributed by atoms with van der Waals surface area (Å²) in [4.78, 5) is 2.18. The number of rotatable bonds is 4. The summed E-state index contributed by atoms with van der Waals surface area (Å²) in [6, 6.07) is 14.4. The van der Waals surface area contributed by atoms with Crippen LogP contribution in [0.4, 0.5) is 0 Å². The second-order valence-electron chi connectivity index (χ2n) is 6.44. The van der Waals surface area contributed by atoms with Crippen LogP contribution in [0.25, 0.3) is 11.1 Å². The first-order chi connectivity index (χ1) is 11.5. The average Bonchev–Trinajstić information content (AvgIpc) is 2.57. The lowest BCUT2D eigenvalue weighted by Gasteiger charge is -2.26. The third kappa shape index (κ3) is 4.04. The van der Waals surface area contributed by atoms with E-state index in [-0.39, 0.29) is 18.1 Å². The van der Waals surface area contributed by atoms with Crippen molar-refractivity contribution in [3.8, 4) is 11.1 Å². The second-order valence-corrected chi connectivity index (χ2v) is 8.75. The summed E-state index contributed by atoms with van der Waals surface area (Å²) in [5.74, 6) is 0.516. The zero-order chi connectivity index (χ0) is 17.2. The Hall–Kier alpha value is -1.69. The van der Waals surface area contributed by atoms with Crippen LogP contribution in [0.15, 0.2) is 42.5 Å². The van der Waals surface area contributed by atoms with Crippen molar-refractivity contribution in [1.82, 2.24) is 4.90 Å². The molecule has 1 saturated heterocycles. The van der Waals surface area contributed by atoms with E-state index in [0.29, 0.717) is 13.1 Å². The Labute approximate surface area is 143 Å². The summed E-state index contributed by atoms with van der Waals surface area (Å²) < 4.78 is 23.0.